The fourth-order valence-corrected chi connectivity index (χ4v) is 6.11. The zero-order valence-corrected chi connectivity index (χ0v) is 19.5. The number of aromatic amines is 1. The molecule has 0 unspecified atom stereocenters. The zero-order valence-electron chi connectivity index (χ0n) is 18.7. The van der Waals surface area contributed by atoms with Gasteiger partial charge in [0.2, 0.25) is 5.91 Å². The largest absolute Gasteiger partial charge is 0.494 e. The zero-order chi connectivity index (χ0) is 22.5. The minimum absolute atomic E-state index is 0.214. The number of fused-ring (bicyclic) bond motifs is 4. The Morgan fingerprint density at radius 3 is 2.94 bits per heavy atom. The van der Waals surface area contributed by atoms with Crippen molar-refractivity contribution in [3.63, 3.8) is 0 Å². The van der Waals surface area contributed by atoms with Gasteiger partial charge in [0.25, 0.3) is 0 Å². The highest BCUT2D eigenvalue weighted by molar-refractivity contribution is 7.19. The van der Waals surface area contributed by atoms with Crippen molar-refractivity contribution in [3.8, 4) is 5.75 Å². The van der Waals surface area contributed by atoms with Gasteiger partial charge in [-0.3, -0.25) is 9.89 Å². The van der Waals surface area contributed by atoms with E-state index in [4.69, 9.17) is 4.74 Å². The molecule has 166 valence electrons. The Morgan fingerprint density at radius 2 is 2.19 bits per heavy atom. The number of amides is 1. The third-order valence-electron chi connectivity index (χ3n) is 6.57. The van der Waals surface area contributed by atoms with Crippen molar-refractivity contribution >= 4 is 49.9 Å². The third kappa shape index (κ3) is 3.19. The molecule has 0 bridgehead atoms. The standard InChI is InChI=1S/C23H26N6O2S/c1-5-23(22(30)29(2)3)7-6-14-18(10-23)32-21-19(14)20(24-12-25-21)27-16-8-13-11-26-28-15(13)9-17(16)31-4/h8-9,11-12H,5-7,10H2,1-4H3,(H,26,28)(H,24,25,27)/t23-/m0/s1. The fraction of sp³-hybridized carbons (Fsp3) is 0.391. The van der Waals surface area contributed by atoms with Gasteiger partial charge in [-0.05, 0) is 37.3 Å². The molecule has 32 heavy (non-hydrogen) atoms. The second-order valence-corrected chi connectivity index (χ2v) is 9.63. The lowest BCUT2D eigenvalue weighted by Crippen LogP contribution is -2.43. The number of hydrogen-bond donors (Lipinski definition) is 2. The van der Waals surface area contributed by atoms with Crippen LogP contribution >= 0.6 is 11.3 Å². The Labute approximate surface area is 190 Å². The number of benzene rings is 1. The summed E-state index contributed by atoms with van der Waals surface area (Å²) in [6, 6.07) is 3.93. The second-order valence-electron chi connectivity index (χ2n) is 8.55. The van der Waals surface area contributed by atoms with Crippen LogP contribution in [0, 0.1) is 5.41 Å². The topological polar surface area (TPSA) is 96.0 Å². The monoisotopic (exact) mass is 450 g/mol. The van der Waals surface area contributed by atoms with E-state index in [1.165, 1.54) is 10.4 Å². The van der Waals surface area contributed by atoms with E-state index in [1.807, 2.05) is 26.2 Å². The Kier molecular flexibility index (Phi) is 5.00. The van der Waals surface area contributed by atoms with Gasteiger partial charge in [0.1, 0.15) is 22.7 Å². The molecule has 1 aliphatic carbocycles. The Hall–Kier alpha value is -3.20. The molecule has 3 heterocycles. The van der Waals surface area contributed by atoms with Crippen LogP contribution in [0.1, 0.15) is 30.2 Å². The molecule has 1 aliphatic rings. The molecule has 0 radical (unpaired) electrons. The highest BCUT2D eigenvalue weighted by atomic mass is 32.1. The van der Waals surface area contributed by atoms with Gasteiger partial charge in [-0.25, -0.2) is 9.97 Å². The molecule has 0 saturated heterocycles. The number of nitrogens with zero attached hydrogens (tertiary/aromatic N) is 4. The average Bonchev–Trinajstić information content (AvgIpc) is 3.41. The average molecular weight is 451 g/mol. The van der Waals surface area contributed by atoms with Crippen molar-refractivity contribution < 1.29 is 9.53 Å². The number of anilines is 2. The fourth-order valence-electron chi connectivity index (χ4n) is 4.77. The highest BCUT2D eigenvalue weighted by Crippen LogP contribution is 2.47. The van der Waals surface area contributed by atoms with E-state index >= 15 is 0 Å². The number of rotatable bonds is 5. The third-order valence-corrected chi connectivity index (χ3v) is 7.71. The Morgan fingerprint density at radius 1 is 1.34 bits per heavy atom. The van der Waals surface area contributed by atoms with Crippen LogP contribution in [0.5, 0.6) is 5.75 Å². The van der Waals surface area contributed by atoms with Crippen molar-refractivity contribution in [3.05, 3.63) is 35.1 Å². The van der Waals surface area contributed by atoms with Crippen LogP contribution in [-0.4, -0.2) is 52.2 Å². The van der Waals surface area contributed by atoms with Crippen LogP contribution in [0.25, 0.3) is 21.1 Å². The van der Waals surface area contributed by atoms with Gasteiger partial charge in [-0.2, -0.15) is 5.10 Å². The predicted molar refractivity (Wildman–Crippen MR) is 127 cm³/mol. The first-order valence-electron chi connectivity index (χ1n) is 10.7. The van der Waals surface area contributed by atoms with E-state index in [0.29, 0.717) is 5.75 Å². The van der Waals surface area contributed by atoms with Crippen molar-refractivity contribution in [1.29, 1.82) is 0 Å². The molecule has 1 aromatic carbocycles. The van der Waals surface area contributed by atoms with E-state index in [9.17, 15) is 4.79 Å². The number of hydrogen-bond acceptors (Lipinski definition) is 7. The molecule has 0 aliphatic heterocycles. The number of aryl methyl sites for hydroxylation is 1. The van der Waals surface area contributed by atoms with Crippen molar-refractivity contribution in [1.82, 2.24) is 25.1 Å². The molecule has 0 spiro atoms. The number of aromatic nitrogens is 4. The molecule has 4 aromatic rings. The van der Waals surface area contributed by atoms with Crippen LogP contribution in [0.4, 0.5) is 11.5 Å². The number of ether oxygens (including phenoxy) is 1. The molecule has 3 aromatic heterocycles. The number of methoxy groups -OCH3 is 1. The summed E-state index contributed by atoms with van der Waals surface area (Å²) in [7, 11) is 5.34. The summed E-state index contributed by atoms with van der Waals surface area (Å²) in [5, 5.41) is 12.6. The minimum atomic E-state index is -0.339. The number of thiophene rings is 1. The minimum Gasteiger partial charge on any atom is -0.494 e. The van der Waals surface area contributed by atoms with Gasteiger partial charge in [0.05, 0.1) is 35.3 Å². The molecule has 1 amide bonds. The molecule has 0 saturated carbocycles. The lowest BCUT2D eigenvalue weighted by atomic mass is 9.71. The van der Waals surface area contributed by atoms with Gasteiger partial charge < -0.3 is 15.0 Å². The van der Waals surface area contributed by atoms with Crippen LogP contribution in [0.2, 0.25) is 0 Å². The predicted octanol–water partition coefficient (Wildman–Crippen LogP) is 4.29. The summed E-state index contributed by atoms with van der Waals surface area (Å²) in [5.74, 6) is 1.68. The molecule has 8 nitrogen and oxygen atoms in total. The first-order valence-corrected chi connectivity index (χ1v) is 11.5. The summed E-state index contributed by atoms with van der Waals surface area (Å²) in [6.07, 6.45) is 6.62. The summed E-state index contributed by atoms with van der Waals surface area (Å²) < 4.78 is 5.60. The number of H-pyrrole nitrogens is 1. The lowest BCUT2D eigenvalue weighted by molar-refractivity contribution is -0.140. The van der Waals surface area contributed by atoms with Gasteiger partial charge in [-0.15, -0.1) is 11.3 Å². The Balaban J connectivity index is 1.57. The molecule has 0 fully saturated rings. The smallest absolute Gasteiger partial charge is 0.228 e. The number of carbonyl (C=O) groups excluding carboxylic acids is 1. The van der Waals surface area contributed by atoms with Gasteiger partial charge in [-0.1, -0.05) is 6.92 Å². The molecular formula is C23H26N6O2S. The SMILES string of the molecule is CC[C@]1(C(=O)N(C)C)CCc2c(sc3ncnc(Nc4cc5cn[nH]c5cc4OC)c23)C1. The summed E-state index contributed by atoms with van der Waals surface area (Å²) in [6.45, 7) is 2.12. The van der Waals surface area contributed by atoms with E-state index < -0.39 is 0 Å². The molecule has 1 atom stereocenters. The second kappa shape index (κ2) is 7.74. The first kappa shape index (κ1) is 20.7. The van der Waals surface area contributed by atoms with Crippen molar-refractivity contribution in [2.24, 2.45) is 5.41 Å². The van der Waals surface area contributed by atoms with E-state index in [1.54, 1.807) is 35.9 Å². The maximum atomic E-state index is 13.0. The van der Waals surface area contributed by atoms with Gasteiger partial charge in [0, 0.05) is 30.4 Å². The quantitative estimate of drug-likeness (QED) is 0.471. The van der Waals surface area contributed by atoms with Crippen molar-refractivity contribution in [2.75, 3.05) is 26.5 Å². The molecule has 2 N–H and O–H groups in total. The van der Waals surface area contributed by atoms with E-state index in [-0.39, 0.29) is 11.3 Å². The maximum absolute atomic E-state index is 13.0. The number of nitrogens with one attached hydrogen (secondary N) is 2. The molecule has 9 heteroatoms. The maximum Gasteiger partial charge on any atom is 0.228 e. The highest BCUT2D eigenvalue weighted by Gasteiger charge is 2.42. The van der Waals surface area contributed by atoms with Crippen LogP contribution in [-0.2, 0) is 17.6 Å². The van der Waals surface area contributed by atoms with Crippen LogP contribution in [0.15, 0.2) is 24.7 Å². The van der Waals surface area contributed by atoms with Gasteiger partial charge in [0.15, 0.2) is 0 Å². The number of carbonyl (C=O) groups is 1. The molecular weight excluding hydrogens is 424 g/mol. The Bertz CT molecular complexity index is 1330. The normalized spacial score (nSPS) is 18.0. The summed E-state index contributed by atoms with van der Waals surface area (Å²) in [4.78, 5) is 26.0. The van der Waals surface area contributed by atoms with Crippen molar-refractivity contribution in [2.45, 2.75) is 32.6 Å². The first-order chi connectivity index (χ1) is 15.5. The van der Waals surface area contributed by atoms with Crippen LogP contribution < -0.4 is 10.1 Å². The van der Waals surface area contributed by atoms with E-state index in [2.05, 4.69) is 32.4 Å². The van der Waals surface area contributed by atoms with Crippen LogP contribution in [0.3, 0.4) is 0 Å². The lowest BCUT2D eigenvalue weighted by Gasteiger charge is -2.37. The summed E-state index contributed by atoms with van der Waals surface area (Å²) in [5.41, 5.74) is 2.65. The molecule has 5 rings (SSSR count). The van der Waals surface area contributed by atoms with Gasteiger partial charge >= 0.3 is 0 Å². The summed E-state index contributed by atoms with van der Waals surface area (Å²) >= 11 is 1.68. The van der Waals surface area contributed by atoms with E-state index in [0.717, 1.165) is 58.3 Å².